The summed E-state index contributed by atoms with van der Waals surface area (Å²) < 4.78 is 1.39. The lowest BCUT2D eigenvalue weighted by Crippen LogP contribution is -2.34. The van der Waals surface area contributed by atoms with Crippen LogP contribution in [0.3, 0.4) is 0 Å². The molecule has 9 nitrogen and oxygen atoms in total. The smallest absolute Gasteiger partial charge is 0.287 e. The zero-order valence-corrected chi connectivity index (χ0v) is 11.2. The van der Waals surface area contributed by atoms with E-state index in [1.165, 1.54) is 15.8 Å². The molecule has 1 aliphatic rings. The number of rotatable bonds is 4. The second-order valence-electron chi connectivity index (χ2n) is 4.75. The molecule has 0 bridgehead atoms. The van der Waals surface area contributed by atoms with Gasteiger partial charge in [0.2, 0.25) is 11.8 Å². The largest absolute Gasteiger partial charge is 0.289 e. The van der Waals surface area contributed by atoms with Crippen LogP contribution in [-0.4, -0.2) is 44.2 Å². The van der Waals surface area contributed by atoms with Crippen molar-refractivity contribution in [1.29, 1.82) is 0 Å². The van der Waals surface area contributed by atoms with Gasteiger partial charge in [-0.1, -0.05) is 19.1 Å². The fraction of sp³-hybridized carbons (Fsp3) is 0.545. The first-order valence-corrected chi connectivity index (χ1v) is 6.22. The number of carbonyl (C=O) groups is 3. The third kappa shape index (κ3) is 2.39. The molecular formula is C11H16N6O3. The maximum atomic E-state index is 11.9. The number of nitrogen functional groups attached to an aromatic ring is 1. The van der Waals surface area contributed by atoms with Crippen LogP contribution in [0.2, 0.25) is 0 Å². The third-order valence-electron chi connectivity index (χ3n) is 3.52. The molecule has 3 amide bonds. The highest BCUT2D eigenvalue weighted by Crippen LogP contribution is 2.24. The SMILES string of the molecule is CC1C(=O)N(CCn2cc(C(=O)NN)nn2)C(=O)C1C. The van der Waals surface area contributed by atoms with Crippen LogP contribution in [0.1, 0.15) is 24.3 Å². The predicted octanol–water partition coefficient (Wildman–Crippen LogP) is -1.48. The zero-order chi connectivity index (χ0) is 14.9. The highest BCUT2D eigenvalue weighted by molar-refractivity contribution is 6.04. The van der Waals surface area contributed by atoms with Gasteiger partial charge in [-0.25, -0.2) is 10.5 Å². The Balaban J connectivity index is 1.99. The second-order valence-corrected chi connectivity index (χ2v) is 4.75. The van der Waals surface area contributed by atoms with E-state index in [9.17, 15) is 14.4 Å². The Bertz CT molecular complexity index is 534. The maximum Gasteiger partial charge on any atom is 0.287 e. The number of carbonyl (C=O) groups excluding carboxylic acids is 3. The Hall–Kier alpha value is -2.29. The molecule has 1 aliphatic heterocycles. The molecule has 20 heavy (non-hydrogen) atoms. The lowest BCUT2D eigenvalue weighted by molar-refractivity contribution is -0.139. The molecule has 2 heterocycles. The molecule has 0 saturated carbocycles. The summed E-state index contributed by atoms with van der Waals surface area (Å²) in [5.74, 6) is 3.48. The predicted molar refractivity (Wildman–Crippen MR) is 66.7 cm³/mol. The summed E-state index contributed by atoms with van der Waals surface area (Å²) in [6.45, 7) is 3.97. The normalized spacial score (nSPS) is 22.4. The van der Waals surface area contributed by atoms with Crippen LogP contribution in [0.15, 0.2) is 6.20 Å². The van der Waals surface area contributed by atoms with Crippen molar-refractivity contribution < 1.29 is 14.4 Å². The first-order chi connectivity index (χ1) is 9.45. The lowest BCUT2D eigenvalue weighted by Gasteiger charge is -2.13. The fourth-order valence-electron chi connectivity index (χ4n) is 2.04. The number of nitrogens with one attached hydrogen (secondary N) is 1. The summed E-state index contributed by atoms with van der Waals surface area (Å²) in [7, 11) is 0. The Labute approximate surface area is 115 Å². The summed E-state index contributed by atoms with van der Waals surface area (Å²) in [6.07, 6.45) is 1.40. The molecule has 0 aromatic carbocycles. The summed E-state index contributed by atoms with van der Waals surface area (Å²) >= 11 is 0. The number of likely N-dealkylation sites (tertiary alicyclic amines) is 1. The number of nitrogens with two attached hydrogens (primary N) is 1. The molecule has 1 saturated heterocycles. The van der Waals surface area contributed by atoms with Gasteiger partial charge in [0.15, 0.2) is 5.69 Å². The summed E-state index contributed by atoms with van der Waals surface area (Å²) in [5.41, 5.74) is 2.02. The van der Waals surface area contributed by atoms with Gasteiger partial charge in [-0.2, -0.15) is 0 Å². The second kappa shape index (κ2) is 5.37. The van der Waals surface area contributed by atoms with E-state index in [-0.39, 0.29) is 42.4 Å². The Morgan fingerprint density at radius 1 is 1.30 bits per heavy atom. The molecule has 0 radical (unpaired) electrons. The van der Waals surface area contributed by atoms with Gasteiger partial charge < -0.3 is 0 Å². The zero-order valence-electron chi connectivity index (χ0n) is 11.2. The van der Waals surface area contributed by atoms with E-state index in [0.717, 1.165) is 0 Å². The molecule has 2 rings (SSSR count). The molecular weight excluding hydrogens is 264 g/mol. The number of hydrogen-bond donors (Lipinski definition) is 2. The molecule has 1 aromatic rings. The molecule has 108 valence electrons. The van der Waals surface area contributed by atoms with Gasteiger partial charge >= 0.3 is 0 Å². The molecule has 0 aliphatic carbocycles. The summed E-state index contributed by atoms with van der Waals surface area (Å²) in [5, 5.41) is 7.37. The first-order valence-electron chi connectivity index (χ1n) is 6.22. The van der Waals surface area contributed by atoms with E-state index in [2.05, 4.69) is 10.3 Å². The molecule has 3 N–H and O–H groups in total. The van der Waals surface area contributed by atoms with Crippen LogP contribution in [0.5, 0.6) is 0 Å². The molecule has 1 aromatic heterocycles. The number of hydrazine groups is 1. The molecule has 2 atom stereocenters. The van der Waals surface area contributed by atoms with Crippen LogP contribution in [-0.2, 0) is 16.1 Å². The average Bonchev–Trinajstić information content (AvgIpc) is 2.98. The number of imide groups is 1. The fourth-order valence-corrected chi connectivity index (χ4v) is 2.04. The Morgan fingerprint density at radius 2 is 1.90 bits per heavy atom. The number of amides is 3. The highest BCUT2D eigenvalue weighted by atomic mass is 16.2. The van der Waals surface area contributed by atoms with Gasteiger partial charge in [-0.15, -0.1) is 5.10 Å². The maximum absolute atomic E-state index is 11.9. The van der Waals surface area contributed by atoms with Crippen molar-refractivity contribution in [2.75, 3.05) is 6.54 Å². The standard InChI is InChI=1S/C11H16N6O3/c1-6-7(2)11(20)17(10(6)19)4-3-16-5-8(14-15-16)9(18)13-12/h5-7H,3-4,12H2,1-2H3,(H,13,18). The van der Waals surface area contributed by atoms with Gasteiger partial charge in [0, 0.05) is 18.4 Å². The van der Waals surface area contributed by atoms with Crippen molar-refractivity contribution in [1.82, 2.24) is 25.3 Å². The van der Waals surface area contributed by atoms with Gasteiger partial charge in [0.25, 0.3) is 5.91 Å². The van der Waals surface area contributed by atoms with E-state index in [1.807, 2.05) is 5.43 Å². The minimum atomic E-state index is -0.549. The minimum absolute atomic E-state index is 0.0771. The van der Waals surface area contributed by atoms with Gasteiger partial charge in [-0.3, -0.25) is 24.7 Å². The third-order valence-corrected chi connectivity index (χ3v) is 3.52. The van der Waals surface area contributed by atoms with Crippen molar-refractivity contribution in [3.05, 3.63) is 11.9 Å². The number of hydrogen-bond acceptors (Lipinski definition) is 6. The van der Waals surface area contributed by atoms with Crippen LogP contribution < -0.4 is 11.3 Å². The molecule has 2 unspecified atom stereocenters. The van der Waals surface area contributed by atoms with E-state index in [1.54, 1.807) is 13.8 Å². The average molecular weight is 280 g/mol. The van der Waals surface area contributed by atoms with Crippen LogP contribution in [0.4, 0.5) is 0 Å². The Kier molecular flexibility index (Phi) is 3.79. The monoisotopic (exact) mass is 280 g/mol. The van der Waals surface area contributed by atoms with E-state index >= 15 is 0 Å². The topological polar surface area (TPSA) is 123 Å². The highest BCUT2D eigenvalue weighted by Gasteiger charge is 2.41. The van der Waals surface area contributed by atoms with Crippen molar-refractivity contribution in [2.45, 2.75) is 20.4 Å². The number of aromatic nitrogens is 3. The minimum Gasteiger partial charge on any atom is -0.289 e. The number of nitrogens with zero attached hydrogens (tertiary/aromatic N) is 4. The van der Waals surface area contributed by atoms with Crippen molar-refractivity contribution >= 4 is 17.7 Å². The molecule has 1 fully saturated rings. The van der Waals surface area contributed by atoms with Gasteiger partial charge in [-0.05, 0) is 0 Å². The van der Waals surface area contributed by atoms with Crippen LogP contribution in [0, 0.1) is 11.8 Å². The quantitative estimate of drug-likeness (QED) is 0.300. The van der Waals surface area contributed by atoms with Gasteiger partial charge in [0.05, 0.1) is 12.7 Å². The summed E-state index contributed by atoms with van der Waals surface area (Å²) in [4.78, 5) is 36.2. The van der Waals surface area contributed by atoms with Crippen molar-refractivity contribution in [3.8, 4) is 0 Å². The molecule has 9 heteroatoms. The van der Waals surface area contributed by atoms with Crippen molar-refractivity contribution in [3.63, 3.8) is 0 Å². The van der Waals surface area contributed by atoms with Gasteiger partial charge in [0.1, 0.15) is 0 Å². The van der Waals surface area contributed by atoms with E-state index in [0.29, 0.717) is 0 Å². The first kappa shape index (κ1) is 14.1. The van der Waals surface area contributed by atoms with Crippen LogP contribution in [0.25, 0.3) is 0 Å². The van der Waals surface area contributed by atoms with E-state index in [4.69, 9.17) is 5.84 Å². The van der Waals surface area contributed by atoms with Crippen LogP contribution >= 0.6 is 0 Å². The van der Waals surface area contributed by atoms with Crippen molar-refractivity contribution in [2.24, 2.45) is 17.7 Å². The lowest BCUT2D eigenvalue weighted by atomic mass is 10.00. The summed E-state index contributed by atoms with van der Waals surface area (Å²) in [6, 6.07) is 0. The van der Waals surface area contributed by atoms with E-state index < -0.39 is 5.91 Å². The Morgan fingerprint density at radius 3 is 2.45 bits per heavy atom. The molecule has 0 spiro atoms.